The third kappa shape index (κ3) is 9.09. The van der Waals surface area contributed by atoms with E-state index in [0.717, 1.165) is 47.2 Å². The lowest BCUT2D eigenvalue weighted by molar-refractivity contribution is 0.288. The number of hydrogen-bond donors (Lipinski definition) is 4. The van der Waals surface area contributed by atoms with E-state index in [2.05, 4.69) is 38.1 Å². The smallest absolute Gasteiger partial charge is 0.512 e. The second kappa shape index (κ2) is 16.9. The number of unbranched alkanes of at least 4 members (excludes halogenated alkanes) is 10. The van der Waals surface area contributed by atoms with E-state index in [0.29, 0.717) is 11.2 Å². The summed E-state index contributed by atoms with van der Waals surface area (Å²) in [4.78, 5) is 0. The van der Waals surface area contributed by atoms with E-state index in [9.17, 15) is 20.1 Å². The molecule has 0 saturated carbocycles. The van der Waals surface area contributed by atoms with Gasteiger partial charge < -0.3 is 24.8 Å². The molecule has 4 N–H and O–H groups in total. The van der Waals surface area contributed by atoms with Crippen molar-refractivity contribution >= 4 is 41.4 Å². The molecule has 0 radical (unpaired) electrons. The fourth-order valence-electron chi connectivity index (χ4n) is 6.30. The van der Waals surface area contributed by atoms with Crippen LogP contribution in [0.3, 0.4) is 0 Å². The van der Waals surface area contributed by atoms with E-state index in [1.807, 2.05) is 30.3 Å². The van der Waals surface area contributed by atoms with Crippen molar-refractivity contribution in [1.29, 1.82) is 0 Å². The van der Waals surface area contributed by atoms with Crippen LogP contribution < -0.4 is 10.1 Å². The second-order valence-electron chi connectivity index (χ2n) is 11.9. The van der Waals surface area contributed by atoms with Gasteiger partial charge >= 0.3 is 14.4 Å². The first-order chi connectivity index (χ1) is 20.9. The van der Waals surface area contributed by atoms with Gasteiger partial charge in [-0.05, 0) is 87.1 Å². The van der Waals surface area contributed by atoms with Crippen molar-refractivity contribution in [1.82, 2.24) is 0 Å². The fourth-order valence-corrected chi connectivity index (χ4v) is 6.30. The predicted octanol–water partition coefficient (Wildman–Crippen LogP) is 7.49. The van der Waals surface area contributed by atoms with E-state index in [1.54, 1.807) is 6.07 Å². The highest BCUT2D eigenvalue weighted by atomic mass is 16.6. The summed E-state index contributed by atoms with van der Waals surface area (Å²) in [7, 11) is -3.39. The van der Waals surface area contributed by atoms with Crippen LogP contribution in [0, 0.1) is 0 Å². The van der Waals surface area contributed by atoms with Gasteiger partial charge in [-0.2, -0.15) is 0 Å². The Hall–Kier alpha value is -2.83. The molecule has 43 heavy (non-hydrogen) atoms. The summed E-state index contributed by atoms with van der Waals surface area (Å²) in [6, 6.07) is 20.1. The van der Waals surface area contributed by atoms with Gasteiger partial charge in [0.05, 0.1) is 0 Å². The van der Waals surface area contributed by atoms with Crippen molar-refractivity contribution in [3.63, 3.8) is 0 Å². The topological polar surface area (TPSA) is 90.2 Å². The minimum Gasteiger partial charge on any atom is -0.512 e. The van der Waals surface area contributed by atoms with E-state index in [4.69, 9.17) is 4.65 Å². The van der Waals surface area contributed by atoms with Gasteiger partial charge in [-0.15, -0.1) is 0 Å². The maximum Gasteiger partial charge on any atom is 0.707 e. The molecule has 0 bridgehead atoms. The van der Waals surface area contributed by atoms with Crippen LogP contribution >= 0.6 is 0 Å². The summed E-state index contributed by atoms with van der Waals surface area (Å²) in [5.74, 6) is 0.406. The zero-order valence-corrected chi connectivity index (χ0v) is 26.0. The Kier molecular flexibility index (Phi) is 13.0. The minimum absolute atomic E-state index is 0.406. The number of hydrogen-bond acceptors (Lipinski definition) is 5. The van der Waals surface area contributed by atoms with Crippen LogP contribution in [0.4, 0.5) is 0 Å². The van der Waals surface area contributed by atoms with Crippen LogP contribution in [0.15, 0.2) is 60.7 Å². The van der Waals surface area contributed by atoms with Crippen LogP contribution in [0.2, 0.25) is 0 Å². The summed E-state index contributed by atoms with van der Waals surface area (Å²) in [5.41, 5.74) is 5.53. The molecular weight excluding hydrogens is 534 g/mol. The first-order valence-corrected chi connectivity index (χ1v) is 16.4. The van der Waals surface area contributed by atoms with Crippen LogP contribution in [0.25, 0.3) is 32.7 Å². The van der Waals surface area contributed by atoms with Gasteiger partial charge in [0.2, 0.25) is 0 Å². The lowest BCUT2D eigenvalue weighted by atomic mass is 9.78. The van der Waals surface area contributed by atoms with Crippen molar-refractivity contribution in [2.45, 2.75) is 104 Å². The van der Waals surface area contributed by atoms with E-state index >= 15 is 0 Å². The molecule has 0 unspecified atom stereocenters. The van der Waals surface area contributed by atoms with Gasteiger partial charge in [0.1, 0.15) is 5.75 Å². The van der Waals surface area contributed by atoms with Gasteiger partial charge in [0, 0.05) is 0 Å². The molecule has 4 rings (SSSR count). The first kappa shape index (κ1) is 33.1. The zero-order valence-electron chi connectivity index (χ0n) is 26.0. The molecule has 0 aliphatic carbocycles. The third-order valence-corrected chi connectivity index (χ3v) is 8.60. The highest BCUT2D eigenvalue weighted by molar-refractivity contribution is 6.59. The fraction of sp³-hybridized carbons (Fsp3) is 0.444. The lowest BCUT2D eigenvalue weighted by Gasteiger charge is -2.20. The normalized spacial score (nSPS) is 11.4. The average Bonchev–Trinajstić information content (AvgIpc) is 2.99. The molecule has 0 aliphatic heterocycles. The predicted molar refractivity (Wildman–Crippen MR) is 182 cm³/mol. The Morgan fingerprint density at radius 3 is 1.53 bits per heavy atom. The molecule has 7 heteroatoms. The Labute approximate surface area is 258 Å². The summed E-state index contributed by atoms with van der Waals surface area (Å²) >= 11 is 0. The maximum absolute atomic E-state index is 9.89. The Bertz CT molecular complexity index is 1450. The van der Waals surface area contributed by atoms with Crippen LogP contribution in [0.5, 0.6) is 5.75 Å². The van der Waals surface area contributed by atoms with E-state index in [1.165, 1.54) is 86.5 Å². The molecule has 228 valence electrons. The highest BCUT2D eigenvalue weighted by Crippen LogP contribution is 2.41. The molecule has 0 heterocycles. The van der Waals surface area contributed by atoms with Crippen molar-refractivity contribution in [2.75, 3.05) is 0 Å². The SMILES string of the molecule is CCCCCCCCc1ccc2cc(OB(O)O)ccc2c1-c1c(CCCCCCCC)ccc2cc(B(O)O)ccc12. The van der Waals surface area contributed by atoms with E-state index in [-0.39, 0.29) is 0 Å². The molecule has 0 saturated heterocycles. The molecule has 0 amide bonds. The van der Waals surface area contributed by atoms with Gasteiger partial charge in [0.25, 0.3) is 0 Å². The summed E-state index contributed by atoms with van der Waals surface area (Å²) < 4.78 is 5.20. The standard InChI is InChI=1S/C36H48B2O5/c1-3-5-7-9-11-13-15-27-17-19-29-25-31(37(39)40)21-23-33(29)35(27)36-28(16-14-12-10-8-6-4-2)18-20-30-26-32(43-38(41)42)22-24-34(30)36/h17-26,39-42H,3-16H2,1-2H3. The Morgan fingerprint density at radius 1 is 0.535 bits per heavy atom. The lowest BCUT2D eigenvalue weighted by Crippen LogP contribution is -2.29. The van der Waals surface area contributed by atoms with Crippen LogP contribution in [-0.2, 0) is 12.8 Å². The van der Waals surface area contributed by atoms with Crippen molar-refractivity contribution < 1.29 is 24.8 Å². The first-order valence-electron chi connectivity index (χ1n) is 16.4. The molecule has 5 nitrogen and oxygen atoms in total. The quantitative estimate of drug-likeness (QED) is 0.0721. The van der Waals surface area contributed by atoms with Gasteiger partial charge in [0.15, 0.2) is 0 Å². The Balaban J connectivity index is 1.83. The zero-order chi connectivity index (χ0) is 30.6. The molecule has 0 atom stereocenters. The monoisotopic (exact) mass is 582 g/mol. The van der Waals surface area contributed by atoms with Crippen LogP contribution in [-0.4, -0.2) is 34.5 Å². The number of aryl methyl sites for hydroxylation is 2. The molecule has 0 aliphatic rings. The number of rotatable bonds is 18. The van der Waals surface area contributed by atoms with Crippen LogP contribution in [0.1, 0.15) is 102 Å². The summed E-state index contributed by atoms with van der Waals surface area (Å²) in [6.45, 7) is 4.49. The van der Waals surface area contributed by atoms with Crippen molar-refractivity contribution in [3.8, 4) is 16.9 Å². The molecular formula is C36H48B2O5. The summed E-state index contributed by atoms with van der Waals surface area (Å²) in [5, 5.41) is 42.7. The van der Waals surface area contributed by atoms with Gasteiger partial charge in [-0.25, -0.2) is 0 Å². The van der Waals surface area contributed by atoms with Crippen molar-refractivity contribution in [2.24, 2.45) is 0 Å². The summed E-state index contributed by atoms with van der Waals surface area (Å²) in [6.07, 6.45) is 16.8. The average molecular weight is 582 g/mol. The number of fused-ring (bicyclic) bond motifs is 2. The molecule has 0 fully saturated rings. The largest absolute Gasteiger partial charge is 0.707 e. The maximum atomic E-state index is 9.89. The Morgan fingerprint density at radius 2 is 1.02 bits per heavy atom. The molecule has 0 spiro atoms. The molecule has 4 aromatic carbocycles. The molecule has 0 aromatic heterocycles. The van der Waals surface area contributed by atoms with Gasteiger partial charge in [-0.1, -0.05) is 127 Å². The number of benzene rings is 4. The van der Waals surface area contributed by atoms with Crippen molar-refractivity contribution in [3.05, 3.63) is 71.8 Å². The molecule has 4 aromatic rings. The van der Waals surface area contributed by atoms with E-state index < -0.39 is 14.4 Å². The minimum atomic E-state index is -1.87. The highest BCUT2D eigenvalue weighted by Gasteiger charge is 2.20. The second-order valence-corrected chi connectivity index (χ2v) is 11.9. The van der Waals surface area contributed by atoms with Gasteiger partial charge in [-0.3, -0.25) is 0 Å². The third-order valence-electron chi connectivity index (χ3n) is 8.60.